The standard InChI is InChI=1S/C44H22N4S2/c45-23-25-17-37(47-35-13-5-1-9-26(35)30-21-43-32(19-39(30)47)28-11-3-7-15-41(28)49-43)34(24-46)38(18-25)48-36-14-6-2-10-27(36)31-22-44-33(20-40(31)48)29-12-4-8-16-42(29)50-44/h1-22H. The van der Waals surface area contributed by atoms with Crippen molar-refractivity contribution in [1.82, 2.24) is 9.13 Å². The summed E-state index contributed by atoms with van der Waals surface area (Å²) >= 11 is 3.60. The number of rotatable bonds is 2. The lowest BCUT2D eigenvalue weighted by Gasteiger charge is -2.16. The molecule has 0 N–H and O–H groups in total. The fourth-order valence-electron chi connectivity index (χ4n) is 8.04. The molecular formula is C44H22N4S2. The van der Waals surface area contributed by atoms with E-state index in [4.69, 9.17) is 0 Å². The molecule has 0 aliphatic heterocycles. The molecule has 4 nitrogen and oxygen atoms in total. The van der Waals surface area contributed by atoms with E-state index in [-0.39, 0.29) is 0 Å². The number of thiophene rings is 2. The van der Waals surface area contributed by atoms with Crippen LogP contribution in [0.25, 0.3) is 95.3 Å². The molecule has 0 fully saturated rings. The molecule has 0 radical (unpaired) electrons. The molecule has 6 heteroatoms. The van der Waals surface area contributed by atoms with Gasteiger partial charge in [-0.25, -0.2) is 0 Å². The average molecular weight is 671 g/mol. The molecule has 4 heterocycles. The largest absolute Gasteiger partial charge is 0.308 e. The zero-order valence-electron chi connectivity index (χ0n) is 26.3. The van der Waals surface area contributed by atoms with Gasteiger partial charge in [-0.2, -0.15) is 10.5 Å². The molecule has 50 heavy (non-hydrogen) atoms. The highest BCUT2D eigenvalue weighted by atomic mass is 32.1. The van der Waals surface area contributed by atoms with Crippen LogP contribution in [0.3, 0.4) is 0 Å². The Bertz CT molecular complexity index is 3150. The van der Waals surface area contributed by atoms with Crippen molar-refractivity contribution in [2.45, 2.75) is 0 Å². The molecule has 7 aromatic carbocycles. The first-order valence-electron chi connectivity index (χ1n) is 16.4. The Morgan fingerprint density at radius 3 is 1.28 bits per heavy atom. The number of nitrogens with zero attached hydrogens (tertiary/aromatic N) is 4. The van der Waals surface area contributed by atoms with Gasteiger partial charge in [-0.3, -0.25) is 0 Å². The number of para-hydroxylation sites is 2. The zero-order chi connectivity index (χ0) is 33.1. The molecule has 0 unspecified atom stereocenters. The number of aromatic nitrogens is 2. The number of hydrogen-bond acceptors (Lipinski definition) is 4. The molecule has 11 aromatic rings. The van der Waals surface area contributed by atoms with Gasteiger partial charge in [0, 0.05) is 61.9 Å². The van der Waals surface area contributed by atoms with Gasteiger partial charge in [0.05, 0.1) is 45.1 Å². The summed E-state index contributed by atoms with van der Waals surface area (Å²) in [5.74, 6) is 0. The normalized spacial score (nSPS) is 12.0. The van der Waals surface area contributed by atoms with Crippen LogP contribution in [0, 0.1) is 22.7 Å². The van der Waals surface area contributed by atoms with Gasteiger partial charge < -0.3 is 9.13 Å². The Morgan fingerprint density at radius 2 is 0.820 bits per heavy atom. The number of nitriles is 2. The second kappa shape index (κ2) is 10.0. The van der Waals surface area contributed by atoms with Gasteiger partial charge in [0.15, 0.2) is 0 Å². The number of fused-ring (bicyclic) bond motifs is 12. The van der Waals surface area contributed by atoms with Crippen molar-refractivity contribution in [1.29, 1.82) is 10.5 Å². The summed E-state index contributed by atoms with van der Waals surface area (Å²) in [6.07, 6.45) is 0. The van der Waals surface area contributed by atoms with E-state index in [1.165, 1.54) is 40.3 Å². The number of hydrogen-bond donors (Lipinski definition) is 0. The Morgan fingerprint density at radius 1 is 0.380 bits per heavy atom. The van der Waals surface area contributed by atoms with Crippen LogP contribution in [-0.2, 0) is 0 Å². The summed E-state index contributed by atoms with van der Waals surface area (Å²) in [7, 11) is 0. The van der Waals surface area contributed by atoms with E-state index in [0.717, 1.165) is 43.6 Å². The van der Waals surface area contributed by atoms with Crippen molar-refractivity contribution in [3.63, 3.8) is 0 Å². The third-order valence-electron chi connectivity index (χ3n) is 10.2. The zero-order valence-corrected chi connectivity index (χ0v) is 27.9. The van der Waals surface area contributed by atoms with Gasteiger partial charge in [0.1, 0.15) is 11.6 Å². The highest BCUT2D eigenvalue weighted by Crippen LogP contribution is 2.44. The van der Waals surface area contributed by atoms with Crippen molar-refractivity contribution in [3.8, 4) is 23.5 Å². The lowest BCUT2D eigenvalue weighted by molar-refractivity contribution is 1.11. The Labute approximate surface area is 293 Å². The first-order chi connectivity index (χ1) is 24.7. The lowest BCUT2D eigenvalue weighted by Crippen LogP contribution is -2.05. The quantitative estimate of drug-likeness (QED) is 0.184. The third-order valence-corrected chi connectivity index (χ3v) is 12.4. The fourth-order valence-corrected chi connectivity index (χ4v) is 10.3. The summed E-state index contributed by atoms with van der Waals surface area (Å²) < 4.78 is 9.33. The molecule has 0 saturated heterocycles. The minimum atomic E-state index is 0.495. The van der Waals surface area contributed by atoms with Crippen LogP contribution in [0.2, 0.25) is 0 Å². The molecule has 0 atom stereocenters. The summed E-state index contributed by atoms with van der Waals surface area (Å²) in [5.41, 5.74) is 6.40. The summed E-state index contributed by atoms with van der Waals surface area (Å²) in [4.78, 5) is 0. The number of benzene rings is 7. The molecule has 0 amide bonds. The minimum Gasteiger partial charge on any atom is -0.308 e. The summed E-state index contributed by atoms with van der Waals surface area (Å²) in [5, 5.41) is 30.9. The van der Waals surface area contributed by atoms with Crippen molar-refractivity contribution < 1.29 is 0 Å². The maximum absolute atomic E-state index is 11.2. The highest BCUT2D eigenvalue weighted by molar-refractivity contribution is 7.26. The molecule has 0 aliphatic carbocycles. The minimum absolute atomic E-state index is 0.495. The van der Waals surface area contributed by atoms with Crippen molar-refractivity contribution in [2.75, 3.05) is 0 Å². The van der Waals surface area contributed by atoms with Crippen molar-refractivity contribution in [3.05, 3.63) is 145 Å². The van der Waals surface area contributed by atoms with E-state index < -0.39 is 0 Å². The second-order valence-electron chi connectivity index (χ2n) is 12.7. The second-order valence-corrected chi connectivity index (χ2v) is 14.9. The van der Waals surface area contributed by atoms with Crippen LogP contribution in [0.5, 0.6) is 0 Å². The van der Waals surface area contributed by atoms with E-state index >= 15 is 0 Å². The molecular weight excluding hydrogens is 649 g/mol. The smallest absolute Gasteiger partial charge is 0.104 e. The monoisotopic (exact) mass is 670 g/mol. The highest BCUT2D eigenvalue weighted by Gasteiger charge is 2.23. The van der Waals surface area contributed by atoms with Gasteiger partial charge in [-0.15, -0.1) is 22.7 Å². The topological polar surface area (TPSA) is 57.4 Å². The van der Waals surface area contributed by atoms with Gasteiger partial charge in [-0.1, -0.05) is 72.8 Å². The van der Waals surface area contributed by atoms with E-state index in [2.05, 4.69) is 130 Å². The predicted octanol–water partition coefficient (Wildman–Crippen LogP) is 12.4. The third kappa shape index (κ3) is 3.61. The Hall–Kier alpha value is -6.44. The van der Waals surface area contributed by atoms with Crippen LogP contribution in [0.15, 0.2) is 133 Å². The molecule has 0 bridgehead atoms. The molecule has 0 saturated carbocycles. The van der Waals surface area contributed by atoms with Crippen molar-refractivity contribution >= 4 is 107 Å². The van der Waals surface area contributed by atoms with Crippen molar-refractivity contribution in [2.24, 2.45) is 0 Å². The fraction of sp³-hybridized carbons (Fsp3) is 0. The van der Waals surface area contributed by atoms with Crippen LogP contribution in [0.1, 0.15) is 11.1 Å². The van der Waals surface area contributed by atoms with Gasteiger partial charge in [0.2, 0.25) is 0 Å². The first-order valence-corrected chi connectivity index (χ1v) is 18.0. The molecule has 0 spiro atoms. The SMILES string of the molecule is N#Cc1cc(-n2c3ccccc3c3cc4sc5ccccc5c4cc32)c(C#N)c(-n2c3ccccc3c3cc4sc5ccccc5c4cc32)c1. The van der Waals surface area contributed by atoms with Crippen LogP contribution in [-0.4, -0.2) is 9.13 Å². The van der Waals surface area contributed by atoms with Gasteiger partial charge in [-0.05, 0) is 60.7 Å². The first kappa shape index (κ1) is 27.5. The van der Waals surface area contributed by atoms with Crippen LogP contribution in [0.4, 0.5) is 0 Å². The van der Waals surface area contributed by atoms with Crippen LogP contribution >= 0.6 is 22.7 Å². The van der Waals surface area contributed by atoms with E-state index in [9.17, 15) is 10.5 Å². The maximum atomic E-state index is 11.2. The molecule has 4 aromatic heterocycles. The molecule has 0 aliphatic rings. The average Bonchev–Trinajstić information content (AvgIpc) is 3.89. The van der Waals surface area contributed by atoms with Crippen LogP contribution < -0.4 is 0 Å². The Kier molecular flexibility index (Phi) is 5.52. The lowest BCUT2D eigenvalue weighted by atomic mass is 10.1. The van der Waals surface area contributed by atoms with E-state index in [1.807, 2.05) is 24.3 Å². The molecule has 11 rings (SSSR count). The van der Waals surface area contributed by atoms with E-state index in [0.29, 0.717) is 22.5 Å². The van der Waals surface area contributed by atoms with E-state index in [1.54, 1.807) is 22.7 Å². The summed E-state index contributed by atoms with van der Waals surface area (Å²) in [6, 6.07) is 51.7. The summed E-state index contributed by atoms with van der Waals surface area (Å²) in [6.45, 7) is 0. The Balaban J connectivity index is 1.29. The van der Waals surface area contributed by atoms with Gasteiger partial charge >= 0.3 is 0 Å². The molecule has 230 valence electrons. The predicted molar refractivity (Wildman–Crippen MR) is 210 cm³/mol. The van der Waals surface area contributed by atoms with Gasteiger partial charge in [0.25, 0.3) is 0 Å². The maximum Gasteiger partial charge on any atom is 0.104 e.